The van der Waals surface area contributed by atoms with Crippen molar-refractivity contribution in [1.82, 2.24) is 10.3 Å². The fourth-order valence-corrected chi connectivity index (χ4v) is 7.38. The van der Waals surface area contributed by atoms with E-state index in [9.17, 15) is 22.9 Å². The highest BCUT2D eigenvalue weighted by Gasteiger charge is 2.47. The number of halogens is 2. The molecule has 0 bridgehead atoms. The van der Waals surface area contributed by atoms with Crippen LogP contribution in [0.3, 0.4) is 0 Å². The minimum absolute atomic E-state index is 0.0644. The number of sulfone groups is 1. The van der Waals surface area contributed by atoms with Gasteiger partial charge in [-0.1, -0.05) is 42.6 Å². The van der Waals surface area contributed by atoms with Crippen LogP contribution in [0.4, 0.5) is 10.1 Å². The van der Waals surface area contributed by atoms with Crippen molar-refractivity contribution in [1.29, 1.82) is 5.26 Å². The number of hydrogen-bond donors (Lipinski definition) is 1. The molecule has 3 aliphatic rings. The number of para-hydroxylation sites is 1. The van der Waals surface area contributed by atoms with Crippen molar-refractivity contribution in [2.45, 2.75) is 50.0 Å². The molecule has 2 atom stereocenters. The maximum absolute atomic E-state index is 13.9. The zero-order valence-corrected chi connectivity index (χ0v) is 24.0. The molecule has 8 nitrogen and oxygen atoms in total. The maximum atomic E-state index is 13.9. The Bertz CT molecular complexity index is 1630. The molecule has 41 heavy (non-hydrogen) atoms. The number of hydrogen-bond acceptors (Lipinski definition) is 7. The van der Waals surface area contributed by atoms with Crippen LogP contribution in [0, 0.1) is 23.1 Å². The van der Waals surface area contributed by atoms with Gasteiger partial charge < -0.3 is 14.6 Å². The van der Waals surface area contributed by atoms with E-state index >= 15 is 0 Å². The highest BCUT2D eigenvalue weighted by molar-refractivity contribution is 7.91. The topological polar surface area (TPSA) is 116 Å². The zero-order chi connectivity index (χ0) is 28.8. The van der Waals surface area contributed by atoms with Crippen LogP contribution in [0.2, 0.25) is 5.02 Å². The molecule has 2 saturated carbocycles. The van der Waals surface area contributed by atoms with Gasteiger partial charge in [0.15, 0.2) is 9.84 Å². The maximum Gasteiger partial charge on any atom is 0.228 e. The lowest BCUT2D eigenvalue weighted by molar-refractivity contribution is -0.127. The van der Waals surface area contributed by atoms with Crippen molar-refractivity contribution < 1.29 is 22.0 Å². The first-order chi connectivity index (χ1) is 19.7. The van der Waals surface area contributed by atoms with Crippen LogP contribution in [0.25, 0.3) is 22.7 Å². The molecule has 2 aromatic carbocycles. The SMILES string of the molecule is N#CC1(NC(=O)[C@@H]2CCCC[C@H]2c2oc(-c3ccc(F)cc3Cl)nc2-c2ccccc2N2CCS(=O)(=O)CC2)CC1. The van der Waals surface area contributed by atoms with E-state index < -0.39 is 27.1 Å². The van der Waals surface area contributed by atoms with E-state index in [4.69, 9.17) is 21.0 Å². The second kappa shape index (κ2) is 10.8. The minimum Gasteiger partial charge on any atom is -0.440 e. The van der Waals surface area contributed by atoms with Gasteiger partial charge in [0.25, 0.3) is 0 Å². The van der Waals surface area contributed by atoms with Crippen molar-refractivity contribution in [3.63, 3.8) is 0 Å². The van der Waals surface area contributed by atoms with Gasteiger partial charge in [-0.3, -0.25) is 4.79 Å². The van der Waals surface area contributed by atoms with E-state index in [1.54, 1.807) is 0 Å². The predicted molar refractivity (Wildman–Crippen MR) is 154 cm³/mol. The molecule has 2 aliphatic carbocycles. The number of benzene rings is 2. The first kappa shape index (κ1) is 27.7. The van der Waals surface area contributed by atoms with Crippen LogP contribution in [0.15, 0.2) is 46.9 Å². The first-order valence-electron chi connectivity index (χ1n) is 13.9. The molecule has 1 saturated heterocycles. The van der Waals surface area contributed by atoms with Crippen LogP contribution in [0.5, 0.6) is 0 Å². The summed E-state index contributed by atoms with van der Waals surface area (Å²) in [5.74, 6) is -0.466. The molecule has 1 amide bonds. The summed E-state index contributed by atoms with van der Waals surface area (Å²) in [6.45, 7) is 0.710. The predicted octanol–water partition coefficient (Wildman–Crippen LogP) is 5.48. The standard InChI is InChI=1S/C30H30ClFN4O4S/c31-24-17-19(32)9-10-22(24)29-34-26(23-7-3-4-8-25(23)36-13-15-41(38,39)16-14-36)27(40-29)20-5-1-2-6-21(20)28(37)35-30(18-33)11-12-30/h3-4,7-10,17,20-21H,1-2,5-6,11-16H2,(H,35,37)/t20-,21-/m1/s1. The molecule has 2 heterocycles. The number of oxazole rings is 1. The van der Waals surface area contributed by atoms with E-state index in [1.807, 2.05) is 29.2 Å². The van der Waals surface area contributed by atoms with Crippen LogP contribution in [-0.4, -0.2) is 49.4 Å². The summed E-state index contributed by atoms with van der Waals surface area (Å²) in [4.78, 5) is 20.5. The van der Waals surface area contributed by atoms with Gasteiger partial charge in [0.05, 0.1) is 28.2 Å². The Kier molecular flexibility index (Phi) is 7.28. The normalized spacial score (nSPS) is 23.0. The first-order valence-corrected chi connectivity index (χ1v) is 16.1. The van der Waals surface area contributed by atoms with Crippen molar-refractivity contribution in [2.75, 3.05) is 29.5 Å². The number of rotatable bonds is 6. The number of carbonyl (C=O) groups excluding carboxylic acids is 1. The molecule has 1 aromatic heterocycles. The van der Waals surface area contributed by atoms with Gasteiger partial charge in [-0.05, 0) is 49.9 Å². The van der Waals surface area contributed by atoms with Crippen LogP contribution in [-0.2, 0) is 14.6 Å². The fraction of sp³-hybridized carbons (Fsp3) is 0.433. The van der Waals surface area contributed by atoms with Gasteiger partial charge in [0.1, 0.15) is 22.8 Å². The van der Waals surface area contributed by atoms with Crippen molar-refractivity contribution in [3.05, 3.63) is 59.1 Å². The number of anilines is 1. The molecule has 1 aliphatic heterocycles. The third-order valence-electron chi connectivity index (χ3n) is 8.43. The van der Waals surface area contributed by atoms with Gasteiger partial charge in [-0.15, -0.1) is 0 Å². The van der Waals surface area contributed by atoms with Crippen LogP contribution in [0.1, 0.15) is 50.2 Å². The number of carbonyl (C=O) groups is 1. The third-order valence-corrected chi connectivity index (χ3v) is 10.3. The van der Waals surface area contributed by atoms with Gasteiger partial charge in [-0.2, -0.15) is 5.26 Å². The Morgan fingerprint density at radius 1 is 1.12 bits per heavy atom. The van der Waals surface area contributed by atoms with E-state index in [0.29, 0.717) is 55.8 Å². The van der Waals surface area contributed by atoms with Crippen LogP contribution < -0.4 is 10.2 Å². The number of amides is 1. The Morgan fingerprint density at radius 2 is 1.85 bits per heavy atom. The van der Waals surface area contributed by atoms with E-state index in [0.717, 1.165) is 24.1 Å². The molecule has 0 radical (unpaired) electrons. The summed E-state index contributed by atoms with van der Waals surface area (Å²) in [6.07, 6.45) is 4.42. The number of nitrogens with one attached hydrogen (secondary N) is 1. The average molecular weight is 597 g/mol. The number of aromatic nitrogens is 1. The van der Waals surface area contributed by atoms with Crippen molar-refractivity contribution in [3.8, 4) is 28.8 Å². The van der Waals surface area contributed by atoms with Gasteiger partial charge in [0, 0.05) is 36.2 Å². The lowest BCUT2D eigenvalue weighted by Gasteiger charge is -2.32. The lowest BCUT2D eigenvalue weighted by atomic mass is 9.76. The summed E-state index contributed by atoms with van der Waals surface area (Å²) in [7, 11) is -3.08. The quantitative estimate of drug-likeness (QED) is 0.400. The second-order valence-electron chi connectivity index (χ2n) is 11.2. The molecule has 3 fully saturated rings. The summed E-state index contributed by atoms with van der Waals surface area (Å²) in [6, 6.07) is 13.9. The zero-order valence-electron chi connectivity index (χ0n) is 22.4. The van der Waals surface area contributed by atoms with Gasteiger partial charge in [-0.25, -0.2) is 17.8 Å². The summed E-state index contributed by atoms with van der Waals surface area (Å²) < 4.78 is 44.6. The van der Waals surface area contributed by atoms with Gasteiger partial charge in [0.2, 0.25) is 11.8 Å². The average Bonchev–Trinajstić information content (AvgIpc) is 3.60. The number of nitrogens with zero attached hydrogens (tertiary/aromatic N) is 3. The molecular formula is C30H30ClFN4O4S. The lowest BCUT2D eigenvalue weighted by Crippen LogP contribution is -2.42. The molecule has 6 rings (SSSR count). The Hall–Kier alpha value is -3.42. The van der Waals surface area contributed by atoms with E-state index in [1.165, 1.54) is 18.2 Å². The summed E-state index contributed by atoms with van der Waals surface area (Å²) in [5, 5.41) is 12.7. The Morgan fingerprint density at radius 3 is 2.56 bits per heavy atom. The molecule has 1 N–H and O–H groups in total. The fourth-order valence-electron chi connectivity index (χ4n) is 5.93. The highest BCUT2D eigenvalue weighted by atomic mass is 35.5. The smallest absolute Gasteiger partial charge is 0.228 e. The second-order valence-corrected chi connectivity index (χ2v) is 13.9. The van der Waals surface area contributed by atoms with Crippen LogP contribution >= 0.6 is 11.6 Å². The monoisotopic (exact) mass is 596 g/mol. The molecular weight excluding hydrogens is 567 g/mol. The Balaban J connectivity index is 1.45. The minimum atomic E-state index is -3.08. The van der Waals surface area contributed by atoms with E-state index in [2.05, 4.69) is 11.4 Å². The third kappa shape index (κ3) is 5.57. The molecule has 214 valence electrons. The van der Waals surface area contributed by atoms with Crippen molar-refractivity contribution in [2.24, 2.45) is 5.92 Å². The summed E-state index contributed by atoms with van der Waals surface area (Å²) in [5.41, 5.74) is 1.79. The summed E-state index contributed by atoms with van der Waals surface area (Å²) >= 11 is 6.41. The van der Waals surface area contributed by atoms with E-state index in [-0.39, 0.29) is 34.2 Å². The Labute approximate surface area is 243 Å². The molecule has 0 spiro atoms. The largest absolute Gasteiger partial charge is 0.440 e. The molecule has 11 heteroatoms. The van der Waals surface area contributed by atoms with Crippen molar-refractivity contribution >= 4 is 33.0 Å². The van der Waals surface area contributed by atoms with Gasteiger partial charge >= 0.3 is 0 Å². The molecule has 3 aromatic rings. The highest BCUT2D eigenvalue weighted by Crippen LogP contribution is 2.47. The molecule has 0 unspecified atom stereocenters. The number of nitriles is 1.